The third-order valence-electron chi connectivity index (χ3n) is 5.51. The third-order valence-corrected chi connectivity index (χ3v) is 6.53. The number of nitrogens with zero attached hydrogens (tertiary/aromatic N) is 5. The van der Waals surface area contributed by atoms with Crippen molar-refractivity contribution >= 4 is 23.4 Å². The number of fused-ring (bicyclic) bond motifs is 1. The largest absolute Gasteiger partial charge is 0.467 e. The highest BCUT2D eigenvalue weighted by atomic mass is 32.2. The molecule has 2 aliphatic rings. The molecular weight excluding hydrogens is 446 g/mol. The lowest BCUT2D eigenvalue weighted by atomic mass is 10.1. The van der Waals surface area contributed by atoms with Gasteiger partial charge in [-0.15, -0.1) is 10.2 Å². The molecule has 3 heterocycles. The van der Waals surface area contributed by atoms with E-state index < -0.39 is 4.92 Å². The predicted molar refractivity (Wildman–Crippen MR) is 122 cm³/mol. The number of hydrogen-bond acceptors (Lipinski definition) is 9. The van der Waals surface area contributed by atoms with Crippen molar-refractivity contribution in [3.63, 3.8) is 0 Å². The maximum absolute atomic E-state index is 11.4. The molecule has 0 bridgehead atoms. The topological polar surface area (TPSA) is 105 Å². The summed E-state index contributed by atoms with van der Waals surface area (Å²) in [6, 6.07) is 13.2. The van der Waals surface area contributed by atoms with Crippen LogP contribution in [0.2, 0.25) is 0 Å². The fraction of sp³-hybridized carbons (Fsp3) is 0.364. The minimum atomic E-state index is -0.391. The van der Waals surface area contributed by atoms with Crippen LogP contribution in [0, 0.1) is 10.1 Å². The first-order chi connectivity index (χ1) is 16.2. The molecule has 0 aliphatic carbocycles. The van der Waals surface area contributed by atoms with E-state index in [1.165, 1.54) is 17.8 Å². The first kappa shape index (κ1) is 21.7. The number of non-ortho nitro benzene ring substituents is 1. The summed E-state index contributed by atoms with van der Waals surface area (Å²) < 4.78 is 18.6. The van der Waals surface area contributed by atoms with Crippen LogP contribution in [-0.2, 0) is 28.4 Å². The number of nitro groups is 1. The molecule has 0 N–H and O–H groups in total. The molecule has 1 aromatic heterocycles. The summed E-state index contributed by atoms with van der Waals surface area (Å²) >= 11 is 1.49. The van der Waals surface area contributed by atoms with Gasteiger partial charge in [0.2, 0.25) is 5.95 Å². The Morgan fingerprint density at radius 1 is 1.09 bits per heavy atom. The number of nitro benzene ring substituents is 1. The Kier molecular flexibility index (Phi) is 6.42. The van der Waals surface area contributed by atoms with Crippen molar-refractivity contribution in [3.8, 4) is 5.75 Å². The van der Waals surface area contributed by atoms with Crippen LogP contribution in [0.5, 0.6) is 5.75 Å². The maximum Gasteiger partial charge on any atom is 0.270 e. The predicted octanol–water partition coefficient (Wildman–Crippen LogP) is 3.23. The van der Waals surface area contributed by atoms with Crippen LogP contribution in [-0.4, -0.2) is 52.8 Å². The summed E-state index contributed by atoms with van der Waals surface area (Å²) in [6.07, 6.45) is 0. The molecule has 5 rings (SSSR count). The lowest BCUT2D eigenvalue weighted by molar-refractivity contribution is -0.385. The van der Waals surface area contributed by atoms with E-state index in [0.29, 0.717) is 43.4 Å². The summed E-state index contributed by atoms with van der Waals surface area (Å²) in [5.41, 5.74) is 2.60. The van der Waals surface area contributed by atoms with Crippen molar-refractivity contribution in [2.75, 3.05) is 38.0 Å². The van der Waals surface area contributed by atoms with Crippen molar-refractivity contribution in [3.05, 3.63) is 69.3 Å². The molecular formula is C22H23N5O5S. The van der Waals surface area contributed by atoms with E-state index in [1.54, 1.807) is 6.07 Å². The number of anilines is 1. The zero-order chi connectivity index (χ0) is 22.6. The quantitative estimate of drug-likeness (QED) is 0.293. The zero-order valence-electron chi connectivity index (χ0n) is 17.9. The first-order valence-electron chi connectivity index (χ1n) is 10.6. The summed E-state index contributed by atoms with van der Waals surface area (Å²) in [4.78, 5) is 13.2. The smallest absolute Gasteiger partial charge is 0.270 e. The van der Waals surface area contributed by atoms with Gasteiger partial charge in [-0.25, -0.2) is 0 Å². The van der Waals surface area contributed by atoms with E-state index in [-0.39, 0.29) is 12.5 Å². The van der Waals surface area contributed by atoms with E-state index in [2.05, 4.69) is 31.8 Å². The average Bonchev–Trinajstić information content (AvgIpc) is 3.25. The monoisotopic (exact) mass is 469 g/mol. The van der Waals surface area contributed by atoms with Crippen LogP contribution >= 0.6 is 11.8 Å². The van der Waals surface area contributed by atoms with Crippen LogP contribution < -0.4 is 9.64 Å². The Bertz CT molecular complexity index is 1130. The van der Waals surface area contributed by atoms with Crippen LogP contribution in [0.4, 0.5) is 11.6 Å². The second kappa shape index (κ2) is 9.77. The Hall–Kier alpha value is -3.15. The Morgan fingerprint density at radius 2 is 1.91 bits per heavy atom. The molecule has 33 heavy (non-hydrogen) atoms. The van der Waals surface area contributed by atoms with Gasteiger partial charge in [0.25, 0.3) is 5.69 Å². The van der Waals surface area contributed by atoms with Crippen molar-refractivity contribution < 1.29 is 19.1 Å². The van der Waals surface area contributed by atoms with Crippen molar-refractivity contribution in [2.24, 2.45) is 0 Å². The number of thioether (sulfide) groups is 1. The fourth-order valence-electron chi connectivity index (χ4n) is 3.93. The summed E-state index contributed by atoms with van der Waals surface area (Å²) in [7, 11) is 0. The third kappa shape index (κ3) is 4.80. The Labute approximate surface area is 194 Å². The molecule has 1 saturated heterocycles. The van der Waals surface area contributed by atoms with Gasteiger partial charge >= 0.3 is 0 Å². The van der Waals surface area contributed by atoms with E-state index in [4.69, 9.17) is 14.2 Å². The molecule has 0 amide bonds. The van der Waals surface area contributed by atoms with Gasteiger partial charge in [0, 0.05) is 42.1 Å². The van der Waals surface area contributed by atoms with Gasteiger partial charge < -0.3 is 19.1 Å². The minimum Gasteiger partial charge on any atom is -0.467 e. The van der Waals surface area contributed by atoms with Gasteiger partial charge in [0.1, 0.15) is 5.75 Å². The number of morpholine rings is 1. The highest BCUT2D eigenvalue weighted by Crippen LogP contribution is 2.36. The van der Waals surface area contributed by atoms with E-state index in [0.717, 1.165) is 35.3 Å². The molecule has 10 nitrogen and oxygen atoms in total. The second-order valence-electron chi connectivity index (χ2n) is 7.70. The molecule has 2 aromatic carbocycles. The van der Waals surface area contributed by atoms with E-state index >= 15 is 0 Å². The minimum absolute atomic E-state index is 0.0261. The van der Waals surface area contributed by atoms with Crippen molar-refractivity contribution in [1.82, 2.24) is 14.8 Å². The second-order valence-corrected chi connectivity index (χ2v) is 8.65. The van der Waals surface area contributed by atoms with Crippen LogP contribution in [0.15, 0.2) is 47.6 Å². The standard InChI is InChI=1S/C22H23N5O5S/c28-27(29)19-10-17-13-31-15-32-20(17)18(11-19)14-33-22-24-23-21(25-6-8-30-9-7-25)26(22)12-16-4-2-1-3-5-16/h1-5,10-11H,6-9,12-15H2. The molecule has 0 atom stereocenters. The number of hydrogen-bond donors (Lipinski definition) is 0. The lowest BCUT2D eigenvalue weighted by Crippen LogP contribution is -2.38. The molecule has 11 heteroatoms. The molecule has 3 aromatic rings. The molecule has 172 valence electrons. The summed E-state index contributed by atoms with van der Waals surface area (Å²) in [5, 5.41) is 21.1. The summed E-state index contributed by atoms with van der Waals surface area (Å²) in [6.45, 7) is 3.86. The Morgan fingerprint density at radius 3 is 2.70 bits per heavy atom. The number of ether oxygens (including phenoxy) is 3. The summed E-state index contributed by atoms with van der Waals surface area (Å²) in [5.74, 6) is 1.91. The lowest BCUT2D eigenvalue weighted by Gasteiger charge is -2.28. The van der Waals surface area contributed by atoms with Crippen molar-refractivity contribution in [2.45, 2.75) is 24.1 Å². The number of rotatable bonds is 7. The van der Waals surface area contributed by atoms with E-state index in [1.807, 2.05) is 18.2 Å². The van der Waals surface area contributed by atoms with E-state index in [9.17, 15) is 10.1 Å². The average molecular weight is 470 g/mol. The zero-order valence-corrected chi connectivity index (χ0v) is 18.7. The molecule has 0 spiro atoms. The highest BCUT2D eigenvalue weighted by molar-refractivity contribution is 7.98. The SMILES string of the molecule is O=[N+]([O-])c1cc2c(c(CSc3nnc(N4CCOCC4)n3Cc3ccccc3)c1)OCOC2. The van der Waals surface area contributed by atoms with Gasteiger partial charge in [0.05, 0.1) is 31.3 Å². The number of aromatic nitrogens is 3. The fourth-order valence-corrected chi connectivity index (χ4v) is 4.82. The number of benzene rings is 2. The molecule has 0 radical (unpaired) electrons. The molecule has 0 saturated carbocycles. The van der Waals surface area contributed by atoms with Gasteiger partial charge in [-0.3, -0.25) is 14.7 Å². The molecule has 0 unspecified atom stereocenters. The van der Waals surface area contributed by atoms with Gasteiger partial charge in [-0.2, -0.15) is 0 Å². The van der Waals surface area contributed by atoms with Gasteiger partial charge in [-0.1, -0.05) is 42.1 Å². The van der Waals surface area contributed by atoms with Gasteiger partial charge in [-0.05, 0) is 5.56 Å². The molecule has 1 fully saturated rings. The van der Waals surface area contributed by atoms with Crippen LogP contribution in [0.1, 0.15) is 16.7 Å². The van der Waals surface area contributed by atoms with Crippen LogP contribution in [0.3, 0.4) is 0 Å². The highest BCUT2D eigenvalue weighted by Gasteiger charge is 2.24. The normalized spacial score (nSPS) is 15.7. The maximum atomic E-state index is 11.4. The first-order valence-corrected chi connectivity index (χ1v) is 11.6. The van der Waals surface area contributed by atoms with Crippen LogP contribution in [0.25, 0.3) is 0 Å². The Balaban J connectivity index is 1.44. The van der Waals surface area contributed by atoms with Crippen molar-refractivity contribution in [1.29, 1.82) is 0 Å². The van der Waals surface area contributed by atoms with Gasteiger partial charge in [0.15, 0.2) is 11.9 Å². The molecule has 2 aliphatic heterocycles.